The Bertz CT molecular complexity index is 638. The molecule has 0 radical (unpaired) electrons. The summed E-state index contributed by atoms with van der Waals surface area (Å²) in [7, 11) is 1.92. The quantitative estimate of drug-likeness (QED) is 0.848. The molecule has 21 heavy (non-hydrogen) atoms. The lowest BCUT2D eigenvalue weighted by atomic mass is 9.88. The molecular weight excluding hydrogens is 330 g/mol. The van der Waals surface area contributed by atoms with Gasteiger partial charge in [0.2, 0.25) is 0 Å². The Morgan fingerprint density at radius 1 is 1.38 bits per heavy atom. The minimum atomic E-state index is 0.564. The van der Waals surface area contributed by atoms with E-state index in [2.05, 4.69) is 49.7 Å². The van der Waals surface area contributed by atoms with E-state index in [9.17, 15) is 0 Å². The van der Waals surface area contributed by atoms with Gasteiger partial charge in [-0.15, -0.1) is 0 Å². The Kier molecular flexibility index (Phi) is 4.15. The number of piperidine rings is 1. The van der Waals surface area contributed by atoms with Crippen molar-refractivity contribution in [3.63, 3.8) is 0 Å². The smallest absolute Gasteiger partial charge is 0.164 e. The number of anilines is 1. The number of hydrogen-bond donors (Lipinski definition) is 0. The molecule has 0 spiro atoms. The normalized spacial score (nSPS) is 23.0. The van der Waals surface area contributed by atoms with Gasteiger partial charge in [0.25, 0.3) is 0 Å². The lowest BCUT2D eigenvalue weighted by molar-refractivity contribution is 0.326. The van der Waals surface area contributed by atoms with Crippen molar-refractivity contribution in [2.45, 2.75) is 45.6 Å². The van der Waals surface area contributed by atoms with Crippen LogP contribution in [0.4, 0.5) is 5.82 Å². The first kappa shape index (κ1) is 14.8. The van der Waals surface area contributed by atoms with E-state index in [0.29, 0.717) is 12.0 Å². The van der Waals surface area contributed by atoms with Crippen molar-refractivity contribution in [3.05, 3.63) is 10.9 Å². The van der Waals surface area contributed by atoms with Crippen LogP contribution in [0.15, 0.2) is 10.9 Å². The predicted octanol–water partition coefficient (Wildman–Crippen LogP) is 3.53. The van der Waals surface area contributed by atoms with E-state index in [1.54, 1.807) is 6.33 Å². The zero-order chi connectivity index (χ0) is 15.0. The molecule has 1 aliphatic heterocycles. The molecular formula is C15H22BrN5. The van der Waals surface area contributed by atoms with Gasteiger partial charge in [-0.1, -0.05) is 20.3 Å². The summed E-state index contributed by atoms with van der Waals surface area (Å²) in [5, 5.41) is 5.48. The van der Waals surface area contributed by atoms with E-state index in [0.717, 1.165) is 28.0 Å². The van der Waals surface area contributed by atoms with Crippen LogP contribution in [0.25, 0.3) is 11.0 Å². The highest BCUT2D eigenvalue weighted by Crippen LogP contribution is 2.35. The van der Waals surface area contributed by atoms with Crippen LogP contribution in [0, 0.1) is 5.92 Å². The van der Waals surface area contributed by atoms with Crippen molar-refractivity contribution in [3.8, 4) is 0 Å². The van der Waals surface area contributed by atoms with Crippen molar-refractivity contribution < 1.29 is 0 Å². The first-order valence-corrected chi connectivity index (χ1v) is 8.52. The van der Waals surface area contributed by atoms with Crippen LogP contribution in [0.5, 0.6) is 0 Å². The summed E-state index contributed by atoms with van der Waals surface area (Å²) < 4.78 is 2.65. The standard InChI is InChI=1S/C15H22BrN5/c1-4-6-11-10(2)7-5-8-21(11)15-12-13(16)19-20(3)14(12)17-9-18-15/h9-11H,4-8H2,1-3H3/t10-,11+/m1/s1. The fourth-order valence-electron chi connectivity index (χ4n) is 3.49. The summed E-state index contributed by atoms with van der Waals surface area (Å²) in [6, 6.07) is 0.564. The Hall–Kier alpha value is -1.17. The second-order valence-corrected chi connectivity index (χ2v) is 6.73. The van der Waals surface area contributed by atoms with Crippen molar-refractivity contribution in [2.75, 3.05) is 11.4 Å². The van der Waals surface area contributed by atoms with Gasteiger partial charge in [-0.05, 0) is 41.1 Å². The molecule has 0 amide bonds. The minimum absolute atomic E-state index is 0.564. The molecule has 0 unspecified atom stereocenters. The lowest BCUT2D eigenvalue weighted by Crippen LogP contribution is -2.45. The number of nitrogens with zero attached hydrogens (tertiary/aromatic N) is 5. The molecule has 1 aliphatic rings. The van der Waals surface area contributed by atoms with Gasteiger partial charge in [-0.2, -0.15) is 5.10 Å². The van der Waals surface area contributed by atoms with Crippen LogP contribution in [-0.2, 0) is 7.05 Å². The molecule has 2 atom stereocenters. The van der Waals surface area contributed by atoms with Gasteiger partial charge in [0.15, 0.2) is 5.65 Å². The molecule has 0 saturated carbocycles. The third kappa shape index (κ3) is 2.54. The van der Waals surface area contributed by atoms with E-state index < -0.39 is 0 Å². The van der Waals surface area contributed by atoms with E-state index in [1.165, 1.54) is 25.7 Å². The number of halogens is 1. The third-order valence-corrected chi connectivity index (χ3v) is 5.09. The maximum absolute atomic E-state index is 4.60. The molecule has 0 N–H and O–H groups in total. The Labute approximate surface area is 133 Å². The maximum atomic E-state index is 4.60. The predicted molar refractivity (Wildman–Crippen MR) is 88.4 cm³/mol. The highest BCUT2D eigenvalue weighted by Gasteiger charge is 2.30. The topological polar surface area (TPSA) is 46.8 Å². The second kappa shape index (κ2) is 5.91. The van der Waals surface area contributed by atoms with Crippen LogP contribution < -0.4 is 4.90 Å². The molecule has 0 aromatic carbocycles. The van der Waals surface area contributed by atoms with Crippen molar-refractivity contribution in [2.24, 2.45) is 13.0 Å². The first-order valence-electron chi connectivity index (χ1n) is 7.73. The largest absolute Gasteiger partial charge is 0.353 e. The molecule has 0 aliphatic carbocycles. The van der Waals surface area contributed by atoms with Gasteiger partial charge in [0.05, 0.1) is 5.39 Å². The van der Waals surface area contributed by atoms with E-state index in [1.807, 2.05) is 11.7 Å². The molecule has 5 nitrogen and oxygen atoms in total. The monoisotopic (exact) mass is 351 g/mol. The Morgan fingerprint density at radius 2 is 2.19 bits per heavy atom. The summed E-state index contributed by atoms with van der Waals surface area (Å²) in [5.74, 6) is 1.74. The molecule has 3 heterocycles. The molecule has 0 bridgehead atoms. The summed E-state index contributed by atoms with van der Waals surface area (Å²) in [4.78, 5) is 11.5. The van der Waals surface area contributed by atoms with Crippen LogP contribution in [0.1, 0.15) is 39.5 Å². The van der Waals surface area contributed by atoms with Crippen LogP contribution >= 0.6 is 15.9 Å². The van der Waals surface area contributed by atoms with Crippen molar-refractivity contribution >= 4 is 32.8 Å². The van der Waals surface area contributed by atoms with E-state index in [4.69, 9.17) is 0 Å². The van der Waals surface area contributed by atoms with Gasteiger partial charge < -0.3 is 4.90 Å². The number of hydrogen-bond acceptors (Lipinski definition) is 4. The minimum Gasteiger partial charge on any atom is -0.353 e. The zero-order valence-corrected chi connectivity index (χ0v) is 14.5. The highest BCUT2D eigenvalue weighted by atomic mass is 79.9. The van der Waals surface area contributed by atoms with E-state index >= 15 is 0 Å². The molecule has 3 rings (SSSR count). The number of fused-ring (bicyclic) bond motifs is 1. The van der Waals surface area contributed by atoms with Crippen LogP contribution in [0.2, 0.25) is 0 Å². The molecule has 114 valence electrons. The molecule has 6 heteroatoms. The van der Waals surface area contributed by atoms with Gasteiger partial charge >= 0.3 is 0 Å². The maximum Gasteiger partial charge on any atom is 0.164 e. The average molecular weight is 352 g/mol. The molecule has 2 aromatic heterocycles. The molecule has 1 fully saturated rings. The lowest BCUT2D eigenvalue weighted by Gasteiger charge is -2.41. The fraction of sp³-hybridized carbons (Fsp3) is 0.667. The SMILES string of the molecule is CCC[C@H]1[C@H](C)CCCN1c1ncnc2c1c(Br)nn2C. The number of rotatable bonds is 3. The summed E-state index contributed by atoms with van der Waals surface area (Å²) in [6.45, 7) is 5.70. The molecule has 2 aromatic rings. The van der Waals surface area contributed by atoms with Gasteiger partial charge in [-0.3, -0.25) is 0 Å². The summed E-state index contributed by atoms with van der Waals surface area (Å²) in [5.41, 5.74) is 0.889. The zero-order valence-electron chi connectivity index (χ0n) is 12.9. The van der Waals surface area contributed by atoms with E-state index in [-0.39, 0.29) is 0 Å². The Balaban J connectivity index is 2.09. The summed E-state index contributed by atoms with van der Waals surface area (Å²) in [6.07, 6.45) is 6.61. The van der Waals surface area contributed by atoms with Crippen LogP contribution in [-0.4, -0.2) is 32.3 Å². The van der Waals surface area contributed by atoms with Gasteiger partial charge in [-0.25, -0.2) is 14.6 Å². The second-order valence-electron chi connectivity index (χ2n) is 5.98. The van der Waals surface area contributed by atoms with Crippen LogP contribution in [0.3, 0.4) is 0 Å². The molecule has 1 saturated heterocycles. The van der Waals surface area contributed by atoms with Gasteiger partial charge in [0.1, 0.15) is 16.7 Å². The average Bonchev–Trinajstić information content (AvgIpc) is 2.77. The highest BCUT2D eigenvalue weighted by molar-refractivity contribution is 9.10. The first-order chi connectivity index (χ1) is 10.1. The van der Waals surface area contributed by atoms with Crippen molar-refractivity contribution in [1.82, 2.24) is 19.7 Å². The third-order valence-electron chi connectivity index (χ3n) is 4.53. The van der Waals surface area contributed by atoms with Crippen molar-refractivity contribution in [1.29, 1.82) is 0 Å². The number of aromatic nitrogens is 4. The Morgan fingerprint density at radius 3 is 2.95 bits per heavy atom. The fourth-order valence-corrected chi connectivity index (χ4v) is 4.08. The van der Waals surface area contributed by atoms with Gasteiger partial charge in [0, 0.05) is 19.6 Å². The summed E-state index contributed by atoms with van der Waals surface area (Å²) >= 11 is 3.57. The number of aryl methyl sites for hydroxylation is 1.